The predicted octanol–water partition coefficient (Wildman–Crippen LogP) is 2.58. The van der Waals surface area contributed by atoms with Crippen LogP contribution in [0.15, 0.2) is 22.9 Å². The van der Waals surface area contributed by atoms with Gasteiger partial charge in [0.05, 0.1) is 0 Å². The van der Waals surface area contributed by atoms with E-state index < -0.39 is 0 Å². The van der Waals surface area contributed by atoms with Gasteiger partial charge in [-0.15, -0.1) is 0 Å². The van der Waals surface area contributed by atoms with Gasteiger partial charge in [-0.3, -0.25) is 0 Å². The molecule has 2 radical (unpaired) electrons. The van der Waals surface area contributed by atoms with Gasteiger partial charge in [-0.05, 0) is 0 Å². The van der Waals surface area contributed by atoms with Gasteiger partial charge in [0.25, 0.3) is 0 Å². The number of pyridine rings is 1. The summed E-state index contributed by atoms with van der Waals surface area (Å²) in [4.78, 5) is 4.07. The topological polar surface area (TPSA) is 22.1 Å². The summed E-state index contributed by atoms with van der Waals surface area (Å²) in [5.74, 6) is 0.607. The van der Waals surface area contributed by atoms with Gasteiger partial charge in [-0.2, -0.15) is 0 Å². The Balaban J connectivity index is 2.31. The van der Waals surface area contributed by atoms with E-state index in [0.29, 0.717) is 12.5 Å². The standard InChI is InChI=1S/C10H13AsBrNO/c1-8(3-11)6-14-7-9-2-10(12)5-13-4-9/h2,4-5,8H,3,6-7H2,1H3. The van der Waals surface area contributed by atoms with Gasteiger partial charge >= 0.3 is 102 Å². The monoisotopic (exact) mass is 317 g/mol. The molecule has 1 unspecified atom stereocenters. The number of hydrogen-bond acceptors (Lipinski definition) is 2. The molecule has 0 N–H and O–H groups in total. The summed E-state index contributed by atoms with van der Waals surface area (Å²) in [6.07, 6.45) is 3.60. The van der Waals surface area contributed by atoms with E-state index in [2.05, 4.69) is 44.7 Å². The third-order valence-corrected chi connectivity index (χ3v) is 3.49. The first-order valence-electron chi connectivity index (χ1n) is 4.50. The van der Waals surface area contributed by atoms with Crippen molar-refractivity contribution in [2.45, 2.75) is 18.7 Å². The fourth-order valence-electron chi connectivity index (χ4n) is 0.965. The minimum absolute atomic E-state index is 0.607. The number of rotatable bonds is 5. The molecule has 0 aliphatic rings. The van der Waals surface area contributed by atoms with E-state index in [1.807, 2.05) is 12.3 Å². The third-order valence-electron chi connectivity index (χ3n) is 1.74. The van der Waals surface area contributed by atoms with Crippen LogP contribution in [0.1, 0.15) is 12.5 Å². The first-order valence-corrected chi connectivity index (χ1v) is 6.62. The molecule has 2 nitrogen and oxygen atoms in total. The van der Waals surface area contributed by atoms with Crippen molar-refractivity contribution in [3.05, 3.63) is 28.5 Å². The summed E-state index contributed by atoms with van der Waals surface area (Å²) < 4.78 is 6.56. The van der Waals surface area contributed by atoms with E-state index in [0.717, 1.165) is 21.9 Å². The molecule has 0 aromatic carbocycles. The van der Waals surface area contributed by atoms with Crippen LogP contribution in [0, 0.1) is 5.92 Å². The molecule has 0 saturated carbocycles. The average Bonchev–Trinajstić information content (AvgIpc) is 2.17. The third kappa shape index (κ3) is 4.58. The fraction of sp³-hybridized carbons (Fsp3) is 0.500. The first-order chi connectivity index (χ1) is 6.72. The van der Waals surface area contributed by atoms with Crippen LogP contribution in [0.4, 0.5) is 0 Å². The molecule has 1 heterocycles. The number of halogens is 1. The molecule has 0 saturated heterocycles. The zero-order valence-electron chi connectivity index (χ0n) is 8.11. The quantitative estimate of drug-likeness (QED) is 0.779. The molecule has 0 bridgehead atoms. The Morgan fingerprint density at radius 1 is 1.57 bits per heavy atom. The molecule has 0 fully saturated rings. The Morgan fingerprint density at radius 3 is 3.00 bits per heavy atom. The van der Waals surface area contributed by atoms with Gasteiger partial charge < -0.3 is 0 Å². The molecular weight excluding hydrogens is 305 g/mol. The normalized spacial score (nSPS) is 12.8. The Labute approximate surface area is 102 Å². The summed E-state index contributed by atoms with van der Waals surface area (Å²) in [6, 6.07) is 2.03. The molecule has 1 aromatic rings. The van der Waals surface area contributed by atoms with Crippen LogP contribution in [0.3, 0.4) is 0 Å². The Morgan fingerprint density at radius 2 is 2.36 bits per heavy atom. The Kier molecular flexibility index (Phi) is 5.76. The van der Waals surface area contributed by atoms with Crippen LogP contribution in [0.2, 0.25) is 5.21 Å². The molecule has 4 heteroatoms. The molecule has 0 spiro atoms. The van der Waals surface area contributed by atoms with E-state index in [1.165, 1.54) is 0 Å². The van der Waals surface area contributed by atoms with Gasteiger partial charge in [0.15, 0.2) is 0 Å². The van der Waals surface area contributed by atoms with Crippen molar-refractivity contribution < 1.29 is 4.74 Å². The number of ether oxygens (including phenoxy) is 1. The van der Waals surface area contributed by atoms with Crippen molar-refractivity contribution in [2.75, 3.05) is 6.61 Å². The van der Waals surface area contributed by atoms with Gasteiger partial charge in [0.2, 0.25) is 0 Å². The Bertz CT molecular complexity index is 283. The zero-order valence-corrected chi connectivity index (χ0v) is 11.6. The molecule has 0 aliphatic heterocycles. The van der Waals surface area contributed by atoms with Crippen molar-refractivity contribution in [1.29, 1.82) is 0 Å². The second kappa shape index (κ2) is 6.60. The molecule has 1 atom stereocenters. The van der Waals surface area contributed by atoms with E-state index in [9.17, 15) is 0 Å². The molecule has 1 rings (SSSR count). The van der Waals surface area contributed by atoms with Gasteiger partial charge in [-0.1, -0.05) is 0 Å². The zero-order chi connectivity index (χ0) is 10.4. The van der Waals surface area contributed by atoms with Crippen LogP contribution in [-0.2, 0) is 11.3 Å². The number of aromatic nitrogens is 1. The van der Waals surface area contributed by atoms with Crippen molar-refractivity contribution >= 4 is 32.8 Å². The van der Waals surface area contributed by atoms with E-state index in [4.69, 9.17) is 4.74 Å². The van der Waals surface area contributed by atoms with Gasteiger partial charge in [-0.25, -0.2) is 0 Å². The number of nitrogens with zero attached hydrogens (tertiary/aromatic N) is 1. The molecule has 0 aliphatic carbocycles. The van der Waals surface area contributed by atoms with Crippen LogP contribution >= 0.6 is 15.9 Å². The molecule has 0 amide bonds. The summed E-state index contributed by atoms with van der Waals surface area (Å²) in [6.45, 7) is 3.63. The summed E-state index contributed by atoms with van der Waals surface area (Å²) >= 11 is 5.96. The average molecular weight is 318 g/mol. The van der Waals surface area contributed by atoms with Crippen LogP contribution in [0.25, 0.3) is 0 Å². The summed E-state index contributed by atoms with van der Waals surface area (Å²) in [5.41, 5.74) is 1.11. The maximum absolute atomic E-state index is 5.56. The van der Waals surface area contributed by atoms with Gasteiger partial charge in [0, 0.05) is 0 Å². The molecular formula is C10H13AsBrNO. The van der Waals surface area contributed by atoms with Crippen molar-refractivity contribution in [3.63, 3.8) is 0 Å². The second-order valence-corrected chi connectivity index (χ2v) is 5.00. The molecule has 14 heavy (non-hydrogen) atoms. The van der Waals surface area contributed by atoms with Crippen LogP contribution in [0.5, 0.6) is 0 Å². The summed E-state index contributed by atoms with van der Waals surface area (Å²) in [5, 5.41) is 1.10. The fourth-order valence-corrected chi connectivity index (χ4v) is 1.60. The maximum atomic E-state index is 5.56. The van der Waals surface area contributed by atoms with E-state index >= 15 is 0 Å². The SMILES string of the molecule is CC(C[As])COCc1cncc(Br)c1. The first kappa shape index (κ1) is 12.2. The van der Waals surface area contributed by atoms with Crippen molar-refractivity contribution in [1.82, 2.24) is 4.98 Å². The Hall–Kier alpha value is 0.148. The molecule has 1 aromatic heterocycles. The second-order valence-electron chi connectivity index (χ2n) is 3.31. The van der Waals surface area contributed by atoms with Crippen molar-refractivity contribution in [2.24, 2.45) is 5.92 Å². The van der Waals surface area contributed by atoms with E-state index in [1.54, 1.807) is 6.20 Å². The number of hydrogen-bond donors (Lipinski definition) is 0. The molecule has 76 valence electrons. The van der Waals surface area contributed by atoms with Gasteiger partial charge in [0.1, 0.15) is 0 Å². The van der Waals surface area contributed by atoms with Crippen LogP contribution < -0.4 is 0 Å². The van der Waals surface area contributed by atoms with Crippen molar-refractivity contribution in [3.8, 4) is 0 Å². The minimum atomic E-state index is 0.607. The van der Waals surface area contributed by atoms with Crippen LogP contribution in [-0.4, -0.2) is 28.4 Å². The van der Waals surface area contributed by atoms with E-state index in [-0.39, 0.29) is 0 Å². The summed E-state index contributed by atoms with van der Waals surface area (Å²) in [7, 11) is 0. The predicted molar refractivity (Wildman–Crippen MR) is 61.3 cm³/mol.